The van der Waals surface area contributed by atoms with Crippen molar-refractivity contribution in [1.29, 1.82) is 0 Å². The first-order valence-corrected chi connectivity index (χ1v) is 13.2. The number of thiocarbonyl (C=S) groups is 1. The molecule has 0 saturated carbocycles. The molecule has 1 unspecified atom stereocenters. The third kappa shape index (κ3) is 4.82. The number of nitrogens with one attached hydrogen (secondary N) is 3. The van der Waals surface area contributed by atoms with Gasteiger partial charge in [-0.2, -0.15) is 0 Å². The lowest BCUT2D eigenvalue weighted by Crippen LogP contribution is -2.30. The highest BCUT2D eigenvalue weighted by Gasteiger charge is 2.42. The first-order valence-electron chi connectivity index (χ1n) is 11.0. The minimum atomic E-state index is -0.338. The Hall–Kier alpha value is -3.04. The summed E-state index contributed by atoms with van der Waals surface area (Å²) in [5, 5.41) is 10.8. The van der Waals surface area contributed by atoms with E-state index in [9.17, 15) is 9.59 Å². The summed E-state index contributed by atoms with van der Waals surface area (Å²) in [4.78, 5) is 26.7. The van der Waals surface area contributed by atoms with E-state index in [1.54, 1.807) is 18.2 Å². The lowest BCUT2D eigenvalue weighted by Gasteiger charge is -2.28. The lowest BCUT2D eigenvalue weighted by atomic mass is 9.86. The molecule has 2 aliphatic heterocycles. The van der Waals surface area contributed by atoms with Crippen molar-refractivity contribution in [2.45, 2.75) is 12.8 Å². The number of nitrogens with zero attached hydrogens (tertiary/aromatic N) is 1. The van der Waals surface area contributed by atoms with Crippen LogP contribution >= 0.6 is 47.2 Å². The van der Waals surface area contributed by atoms with Crippen LogP contribution in [-0.2, 0) is 9.59 Å². The van der Waals surface area contributed by atoms with Gasteiger partial charge in [0.1, 0.15) is 4.99 Å². The summed E-state index contributed by atoms with van der Waals surface area (Å²) in [5.74, 6) is -0.637. The highest BCUT2D eigenvalue weighted by atomic mass is 35.5. The van der Waals surface area contributed by atoms with Crippen LogP contribution in [0, 0.1) is 0 Å². The molecule has 0 saturated heterocycles. The summed E-state index contributed by atoms with van der Waals surface area (Å²) in [5.41, 5.74) is 4.27. The second-order valence-corrected chi connectivity index (χ2v) is 10.5. The van der Waals surface area contributed by atoms with Crippen LogP contribution in [0.4, 0.5) is 11.4 Å². The van der Waals surface area contributed by atoms with Gasteiger partial charge >= 0.3 is 0 Å². The minimum absolute atomic E-state index is 0.124. The van der Waals surface area contributed by atoms with Gasteiger partial charge in [-0.1, -0.05) is 65.4 Å². The van der Waals surface area contributed by atoms with Gasteiger partial charge in [0.05, 0.1) is 16.7 Å². The van der Waals surface area contributed by atoms with Crippen LogP contribution in [0.15, 0.2) is 88.7 Å². The maximum atomic E-state index is 13.4. The van der Waals surface area contributed by atoms with Crippen molar-refractivity contribution in [2.75, 3.05) is 16.4 Å². The zero-order chi connectivity index (χ0) is 25.4. The molecule has 0 fully saturated rings. The van der Waals surface area contributed by atoms with E-state index in [0.717, 1.165) is 16.3 Å². The topological polar surface area (TPSA) is 75.2 Å². The molecule has 1 aromatic heterocycles. The molecule has 2 aliphatic rings. The van der Waals surface area contributed by atoms with E-state index in [0.29, 0.717) is 37.7 Å². The Balaban J connectivity index is 1.40. The molecule has 3 N–H and O–H groups in total. The van der Waals surface area contributed by atoms with Crippen LogP contribution in [0.5, 0.6) is 0 Å². The normalized spacial score (nSPS) is 16.4. The van der Waals surface area contributed by atoms with Crippen LogP contribution in [0.3, 0.4) is 0 Å². The van der Waals surface area contributed by atoms with Crippen molar-refractivity contribution in [3.8, 4) is 0 Å². The van der Waals surface area contributed by atoms with Crippen molar-refractivity contribution in [3.63, 3.8) is 0 Å². The van der Waals surface area contributed by atoms with Crippen LogP contribution in [0.25, 0.3) is 0 Å². The molecule has 0 aliphatic carbocycles. The third-order valence-electron chi connectivity index (χ3n) is 5.82. The number of hydrogen-bond donors (Lipinski definition) is 3. The molecular weight excluding hydrogens is 535 g/mol. The zero-order valence-electron chi connectivity index (χ0n) is 19.0. The molecule has 3 aromatic rings. The number of para-hydroxylation sites is 1. The Morgan fingerprint density at radius 1 is 1.03 bits per heavy atom. The predicted octanol–water partition coefficient (Wildman–Crippen LogP) is 6.17. The maximum absolute atomic E-state index is 13.4. The number of carbonyl (C=O) groups excluding carboxylic acids is 2. The van der Waals surface area contributed by atoms with Crippen molar-refractivity contribution in [1.82, 2.24) is 9.88 Å². The number of dihydropyridines is 1. The van der Waals surface area contributed by atoms with Gasteiger partial charge in [0, 0.05) is 50.2 Å². The number of aromatic nitrogens is 1. The SMILES string of the molecule is CC1=C(C(=O)Nc2ccccc2)C2C(=C(SCC(=O)Nc3cc(Cl)cc(Cl)c3)N1)C(=S)n1cccc12. The standard InChI is InChI=1S/C26H20Cl2N4O2S2/c1-14-21(24(34)31-17-6-3-2-4-7-17)22-19-8-5-9-32(19)26(35)23(22)25(29-14)36-13-20(33)30-18-11-15(27)10-16(28)12-18/h2-12,22,29H,13H2,1H3,(H,30,33)(H,31,34). The van der Waals surface area contributed by atoms with Crippen LogP contribution in [0.2, 0.25) is 10.0 Å². The van der Waals surface area contributed by atoms with E-state index in [4.69, 9.17) is 35.4 Å². The predicted molar refractivity (Wildman–Crippen MR) is 151 cm³/mol. The van der Waals surface area contributed by atoms with Crippen molar-refractivity contribution >= 4 is 75.4 Å². The summed E-state index contributed by atoms with van der Waals surface area (Å²) in [6.45, 7) is 1.86. The van der Waals surface area contributed by atoms with E-state index in [2.05, 4.69) is 16.0 Å². The maximum Gasteiger partial charge on any atom is 0.254 e. The number of hydrogen-bond acceptors (Lipinski definition) is 5. The Morgan fingerprint density at radius 2 is 1.75 bits per heavy atom. The minimum Gasteiger partial charge on any atom is -0.353 e. The van der Waals surface area contributed by atoms with Crippen molar-refractivity contribution < 1.29 is 9.59 Å². The smallest absolute Gasteiger partial charge is 0.254 e. The number of carbonyl (C=O) groups is 2. The molecule has 6 nitrogen and oxygen atoms in total. The molecule has 10 heteroatoms. The molecule has 2 amide bonds. The average Bonchev–Trinajstić information content (AvgIpc) is 3.40. The summed E-state index contributed by atoms with van der Waals surface area (Å²) in [6, 6.07) is 18.1. The highest BCUT2D eigenvalue weighted by Crippen LogP contribution is 2.46. The molecule has 3 heterocycles. The Bertz CT molecular complexity index is 1440. The summed E-state index contributed by atoms with van der Waals surface area (Å²) in [6.07, 6.45) is 1.89. The largest absolute Gasteiger partial charge is 0.353 e. The molecule has 5 rings (SSSR count). The quantitative estimate of drug-likeness (QED) is 0.318. The van der Waals surface area contributed by atoms with Gasteiger partial charge in [0.15, 0.2) is 0 Å². The van der Waals surface area contributed by atoms with E-state index < -0.39 is 0 Å². The Labute approximate surface area is 227 Å². The number of anilines is 2. The molecule has 2 aromatic carbocycles. The molecule has 1 atom stereocenters. The fourth-order valence-corrected chi connectivity index (χ4v) is 6.27. The fourth-order valence-electron chi connectivity index (χ4n) is 4.35. The number of rotatable bonds is 6. The molecule has 0 bridgehead atoms. The molecule has 0 spiro atoms. The number of thioether (sulfide) groups is 1. The number of halogens is 2. The monoisotopic (exact) mass is 554 g/mol. The number of fused-ring (bicyclic) bond motifs is 3. The van der Waals surface area contributed by atoms with Gasteiger partial charge in [-0.25, -0.2) is 0 Å². The van der Waals surface area contributed by atoms with Gasteiger partial charge in [-0.3, -0.25) is 9.59 Å². The first kappa shape index (κ1) is 24.6. The molecule has 0 radical (unpaired) electrons. The molecule has 182 valence electrons. The number of allylic oxidation sites excluding steroid dienone is 2. The summed E-state index contributed by atoms with van der Waals surface area (Å²) < 4.78 is 1.92. The van der Waals surface area contributed by atoms with Crippen LogP contribution in [0.1, 0.15) is 18.5 Å². The first-order chi connectivity index (χ1) is 17.3. The van der Waals surface area contributed by atoms with E-state index >= 15 is 0 Å². The summed E-state index contributed by atoms with van der Waals surface area (Å²) in [7, 11) is 0. The van der Waals surface area contributed by atoms with E-state index in [-0.39, 0.29) is 23.5 Å². The van der Waals surface area contributed by atoms with Gasteiger partial charge < -0.3 is 20.5 Å². The van der Waals surface area contributed by atoms with Gasteiger partial charge in [0.25, 0.3) is 5.91 Å². The lowest BCUT2D eigenvalue weighted by molar-refractivity contribution is -0.114. The molecule has 36 heavy (non-hydrogen) atoms. The number of benzene rings is 2. The third-order valence-corrected chi connectivity index (χ3v) is 7.69. The van der Waals surface area contributed by atoms with Crippen LogP contribution < -0.4 is 16.0 Å². The fraction of sp³-hybridized carbons (Fsp3) is 0.115. The second-order valence-electron chi connectivity index (χ2n) is 8.26. The van der Waals surface area contributed by atoms with Crippen molar-refractivity contribution in [2.24, 2.45) is 0 Å². The second kappa shape index (κ2) is 10.1. The van der Waals surface area contributed by atoms with Gasteiger partial charge in [0.2, 0.25) is 5.91 Å². The number of amides is 2. The Kier molecular flexibility index (Phi) is 6.94. The zero-order valence-corrected chi connectivity index (χ0v) is 22.1. The van der Waals surface area contributed by atoms with E-state index in [1.807, 2.05) is 60.2 Å². The van der Waals surface area contributed by atoms with Gasteiger partial charge in [-0.15, -0.1) is 0 Å². The summed E-state index contributed by atoms with van der Waals surface area (Å²) >= 11 is 19.2. The van der Waals surface area contributed by atoms with Crippen LogP contribution in [-0.4, -0.2) is 27.1 Å². The highest BCUT2D eigenvalue weighted by molar-refractivity contribution is 8.03. The molecular formula is C26H20Cl2N4O2S2. The average molecular weight is 556 g/mol. The Morgan fingerprint density at radius 3 is 2.47 bits per heavy atom. The van der Waals surface area contributed by atoms with E-state index in [1.165, 1.54) is 11.8 Å². The van der Waals surface area contributed by atoms with Gasteiger partial charge in [-0.05, 0) is 49.4 Å². The van der Waals surface area contributed by atoms with Crippen molar-refractivity contribution in [3.05, 3.63) is 104 Å².